The number of nitrogens with zero attached hydrogens (tertiary/aromatic N) is 6. The average molecular weight is 597 g/mol. The molecule has 1 aromatic heterocycles. The third kappa shape index (κ3) is 6.54. The zero-order valence-electron chi connectivity index (χ0n) is 25.0. The summed E-state index contributed by atoms with van der Waals surface area (Å²) < 4.78 is 5.79. The van der Waals surface area contributed by atoms with Crippen molar-refractivity contribution in [1.82, 2.24) is 24.7 Å². The number of carbonyl (C=O) groups is 3. The minimum Gasteiger partial charge on any atom is -0.442 e. The largest absolute Gasteiger partial charge is 0.442 e. The summed E-state index contributed by atoms with van der Waals surface area (Å²) in [6, 6.07) is 5.61. The van der Waals surface area contributed by atoms with Gasteiger partial charge in [0.25, 0.3) is 5.91 Å². The number of halogens is 1. The first-order chi connectivity index (χ1) is 20.1. The molecule has 3 fully saturated rings. The fourth-order valence-corrected chi connectivity index (χ4v) is 6.50. The summed E-state index contributed by atoms with van der Waals surface area (Å²) >= 11 is 6.41. The molecular formula is C31H41ClN6O4. The van der Waals surface area contributed by atoms with E-state index in [0.29, 0.717) is 54.2 Å². The Kier molecular flexibility index (Phi) is 9.32. The Hall–Kier alpha value is -3.24. The summed E-state index contributed by atoms with van der Waals surface area (Å²) in [5.41, 5.74) is 3.72. The second-order valence-electron chi connectivity index (χ2n) is 11.9. The van der Waals surface area contributed by atoms with Crippen LogP contribution in [-0.2, 0) is 9.53 Å². The van der Waals surface area contributed by atoms with Crippen LogP contribution in [0.2, 0.25) is 5.02 Å². The van der Waals surface area contributed by atoms with Crippen LogP contribution in [0.3, 0.4) is 0 Å². The summed E-state index contributed by atoms with van der Waals surface area (Å²) in [6.07, 6.45) is 2.89. The van der Waals surface area contributed by atoms with Gasteiger partial charge < -0.3 is 19.4 Å². The fraction of sp³-hybridized carbons (Fsp3) is 0.581. The Morgan fingerprint density at radius 3 is 2.26 bits per heavy atom. The fourth-order valence-electron chi connectivity index (χ4n) is 6.32. The second-order valence-corrected chi connectivity index (χ2v) is 12.3. The SMILES string of the molecule is CCCC(=O)N1CC(OC(=O)N(CCCN2CC3CN(C(=O)c4c(C)ncnc4C)CC3C2)c2ccc(C)c(Cl)c2)C1. The number of hydrogen-bond acceptors (Lipinski definition) is 7. The summed E-state index contributed by atoms with van der Waals surface area (Å²) in [6.45, 7) is 13.2. The van der Waals surface area contributed by atoms with Gasteiger partial charge in [-0.2, -0.15) is 0 Å². The maximum Gasteiger partial charge on any atom is 0.414 e. The molecule has 2 atom stereocenters. The van der Waals surface area contributed by atoms with Gasteiger partial charge in [-0.05, 0) is 69.7 Å². The molecule has 0 spiro atoms. The van der Waals surface area contributed by atoms with E-state index in [-0.39, 0.29) is 17.9 Å². The Morgan fingerprint density at radius 2 is 1.64 bits per heavy atom. The number of fused-ring (bicyclic) bond motifs is 1. The number of ether oxygens (including phenoxy) is 1. The molecule has 0 aliphatic carbocycles. The Bertz CT molecular complexity index is 1300. The van der Waals surface area contributed by atoms with Gasteiger partial charge in [0, 0.05) is 49.9 Å². The third-order valence-corrected chi connectivity index (χ3v) is 9.17. The molecule has 0 saturated carbocycles. The second kappa shape index (κ2) is 13.0. The van der Waals surface area contributed by atoms with Gasteiger partial charge in [-0.25, -0.2) is 14.8 Å². The number of amides is 3. The maximum atomic E-state index is 13.3. The number of benzene rings is 1. The van der Waals surface area contributed by atoms with Gasteiger partial charge in [0.15, 0.2) is 0 Å². The van der Waals surface area contributed by atoms with E-state index in [9.17, 15) is 14.4 Å². The van der Waals surface area contributed by atoms with Gasteiger partial charge >= 0.3 is 6.09 Å². The van der Waals surface area contributed by atoms with Crippen molar-refractivity contribution in [3.63, 3.8) is 0 Å². The molecule has 42 heavy (non-hydrogen) atoms. The van der Waals surface area contributed by atoms with Crippen LogP contribution in [0.1, 0.15) is 53.5 Å². The van der Waals surface area contributed by atoms with Crippen molar-refractivity contribution >= 4 is 35.2 Å². The lowest BCUT2D eigenvalue weighted by molar-refractivity contribution is -0.141. The lowest BCUT2D eigenvalue weighted by Gasteiger charge is -2.39. The van der Waals surface area contributed by atoms with Crippen LogP contribution in [0.15, 0.2) is 24.5 Å². The summed E-state index contributed by atoms with van der Waals surface area (Å²) in [5.74, 6) is 1.01. The van der Waals surface area contributed by atoms with Crippen LogP contribution < -0.4 is 4.90 Å². The quantitative estimate of drug-likeness (QED) is 0.430. The third-order valence-electron chi connectivity index (χ3n) is 8.76. The van der Waals surface area contributed by atoms with E-state index in [4.69, 9.17) is 16.3 Å². The molecule has 4 heterocycles. The van der Waals surface area contributed by atoms with Crippen LogP contribution in [0.4, 0.5) is 10.5 Å². The topological polar surface area (TPSA) is 99.2 Å². The predicted molar refractivity (Wildman–Crippen MR) is 161 cm³/mol. The molecule has 3 aliphatic heterocycles. The molecule has 3 saturated heterocycles. The Morgan fingerprint density at radius 1 is 0.976 bits per heavy atom. The van der Waals surface area contributed by atoms with Crippen LogP contribution in [0.25, 0.3) is 0 Å². The van der Waals surface area contributed by atoms with Crippen molar-refractivity contribution in [2.24, 2.45) is 11.8 Å². The number of aryl methyl sites for hydroxylation is 3. The van der Waals surface area contributed by atoms with Gasteiger partial charge in [-0.3, -0.25) is 14.5 Å². The summed E-state index contributed by atoms with van der Waals surface area (Å²) in [5, 5.41) is 0.601. The highest BCUT2D eigenvalue weighted by Crippen LogP contribution is 2.33. The van der Waals surface area contributed by atoms with Gasteiger partial charge in [0.1, 0.15) is 12.4 Å². The molecule has 2 unspecified atom stereocenters. The first kappa shape index (κ1) is 30.2. The van der Waals surface area contributed by atoms with E-state index in [1.807, 2.05) is 50.8 Å². The summed E-state index contributed by atoms with van der Waals surface area (Å²) in [7, 11) is 0. The highest BCUT2D eigenvalue weighted by atomic mass is 35.5. The number of anilines is 1. The number of aromatic nitrogens is 2. The van der Waals surface area contributed by atoms with Crippen molar-refractivity contribution < 1.29 is 19.1 Å². The average Bonchev–Trinajstić information content (AvgIpc) is 3.49. The highest BCUT2D eigenvalue weighted by Gasteiger charge is 2.42. The van der Waals surface area contributed by atoms with Gasteiger partial charge in [0.2, 0.25) is 5.91 Å². The van der Waals surface area contributed by atoms with Crippen molar-refractivity contribution in [3.8, 4) is 0 Å². The maximum absolute atomic E-state index is 13.3. The van der Waals surface area contributed by atoms with Crippen molar-refractivity contribution in [2.45, 2.75) is 53.1 Å². The van der Waals surface area contributed by atoms with E-state index >= 15 is 0 Å². The molecular weight excluding hydrogens is 556 g/mol. The van der Waals surface area contributed by atoms with Crippen LogP contribution in [-0.4, -0.2) is 101 Å². The van der Waals surface area contributed by atoms with E-state index in [1.165, 1.54) is 6.33 Å². The van der Waals surface area contributed by atoms with E-state index in [0.717, 1.165) is 62.5 Å². The number of rotatable bonds is 9. The Labute approximate surface area is 253 Å². The predicted octanol–water partition coefficient (Wildman–Crippen LogP) is 4.10. The van der Waals surface area contributed by atoms with Gasteiger partial charge in [-0.15, -0.1) is 0 Å². The van der Waals surface area contributed by atoms with Crippen LogP contribution in [0, 0.1) is 32.6 Å². The molecule has 0 radical (unpaired) electrons. The number of carbonyl (C=O) groups excluding carboxylic acids is 3. The molecule has 3 aliphatic rings. The smallest absolute Gasteiger partial charge is 0.414 e. The van der Waals surface area contributed by atoms with Gasteiger partial charge in [-0.1, -0.05) is 24.6 Å². The highest BCUT2D eigenvalue weighted by molar-refractivity contribution is 6.31. The molecule has 5 rings (SSSR count). The number of hydrogen-bond donors (Lipinski definition) is 0. The minimum absolute atomic E-state index is 0.0294. The molecule has 3 amide bonds. The molecule has 1 aromatic carbocycles. The van der Waals surface area contributed by atoms with E-state index < -0.39 is 6.09 Å². The monoisotopic (exact) mass is 596 g/mol. The van der Waals surface area contributed by atoms with Crippen molar-refractivity contribution in [1.29, 1.82) is 0 Å². The molecule has 11 heteroatoms. The normalized spacial score (nSPS) is 20.4. The first-order valence-electron chi connectivity index (χ1n) is 15.0. The zero-order chi connectivity index (χ0) is 30.0. The molecule has 2 aromatic rings. The lowest BCUT2D eigenvalue weighted by atomic mass is 10.0. The molecule has 226 valence electrons. The van der Waals surface area contributed by atoms with E-state index in [1.54, 1.807) is 9.80 Å². The van der Waals surface area contributed by atoms with Gasteiger partial charge in [0.05, 0.1) is 30.0 Å². The standard InChI is InChI=1S/C31H41ClN6O4/c1-5-7-28(39)36-17-26(18-36)42-31(41)38(25-9-8-20(2)27(32)12-25)11-6-10-35-13-23-15-37(16-24(23)14-35)30(40)29-21(3)33-19-34-22(29)4/h8-9,12,19,23-24,26H,5-7,10-11,13-18H2,1-4H3. The Balaban J connectivity index is 1.14. The van der Waals surface area contributed by atoms with Crippen LogP contribution >= 0.6 is 11.6 Å². The minimum atomic E-state index is -0.412. The van der Waals surface area contributed by atoms with Crippen molar-refractivity contribution in [2.75, 3.05) is 57.3 Å². The summed E-state index contributed by atoms with van der Waals surface area (Å²) in [4.78, 5) is 54.9. The molecule has 0 N–H and O–H groups in total. The van der Waals surface area contributed by atoms with Crippen LogP contribution in [0.5, 0.6) is 0 Å². The van der Waals surface area contributed by atoms with E-state index in [2.05, 4.69) is 14.9 Å². The zero-order valence-corrected chi connectivity index (χ0v) is 25.8. The lowest BCUT2D eigenvalue weighted by Crippen LogP contribution is -2.56. The molecule has 10 nitrogen and oxygen atoms in total. The first-order valence-corrected chi connectivity index (χ1v) is 15.3. The van der Waals surface area contributed by atoms with Crippen molar-refractivity contribution in [3.05, 3.63) is 52.1 Å². The number of likely N-dealkylation sites (tertiary alicyclic amines) is 3. The molecule has 0 bridgehead atoms.